The molecule has 7 nitrogen and oxygen atoms in total. The van der Waals surface area contributed by atoms with E-state index in [1.165, 1.54) is 0 Å². The molecule has 0 unspecified atom stereocenters. The molecule has 0 amide bonds. The number of ether oxygens (including phenoxy) is 1. The minimum atomic E-state index is -3.36. The van der Waals surface area contributed by atoms with Crippen molar-refractivity contribution in [1.82, 2.24) is 14.9 Å². The van der Waals surface area contributed by atoms with Crippen LogP contribution in [-0.2, 0) is 21.3 Å². The Balaban J connectivity index is 1.83. The van der Waals surface area contributed by atoms with Gasteiger partial charge in [-0.25, -0.2) is 13.1 Å². The van der Waals surface area contributed by atoms with Crippen LogP contribution in [0.3, 0.4) is 0 Å². The van der Waals surface area contributed by atoms with E-state index in [1.54, 1.807) is 0 Å². The van der Waals surface area contributed by atoms with Crippen LogP contribution in [0.25, 0.3) is 0 Å². The number of nitrogens with one attached hydrogen (secondary N) is 2. The van der Waals surface area contributed by atoms with Crippen LogP contribution in [0.4, 0.5) is 0 Å². The highest BCUT2D eigenvalue weighted by Crippen LogP contribution is 2.13. The monoisotopic (exact) mass is 396 g/mol. The average molecular weight is 397 g/mol. The third kappa shape index (κ3) is 7.86. The van der Waals surface area contributed by atoms with Gasteiger partial charge in [-0.1, -0.05) is 30.3 Å². The molecule has 1 saturated heterocycles. The Hall–Kier alpha value is -1.64. The molecule has 27 heavy (non-hydrogen) atoms. The molecule has 2 rings (SSSR count). The largest absolute Gasteiger partial charge is 0.378 e. The van der Waals surface area contributed by atoms with Crippen LogP contribution in [0.1, 0.15) is 32.3 Å². The van der Waals surface area contributed by atoms with Gasteiger partial charge in [0.2, 0.25) is 10.0 Å². The van der Waals surface area contributed by atoms with Crippen molar-refractivity contribution >= 4 is 16.0 Å². The molecule has 1 aromatic carbocycles. The summed E-state index contributed by atoms with van der Waals surface area (Å²) in [4.78, 5) is 6.70. The molecule has 152 valence electrons. The number of benzene rings is 1. The molecule has 2 N–H and O–H groups in total. The Morgan fingerprint density at radius 2 is 1.93 bits per heavy atom. The summed E-state index contributed by atoms with van der Waals surface area (Å²) in [6, 6.07) is 9.49. The second kappa shape index (κ2) is 11.3. The number of piperidine rings is 1. The first kappa shape index (κ1) is 21.7. The minimum Gasteiger partial charge on any atom is -0.378 e. The van der Waals surface area contributed by atoms with Crippen molar-refractivity contribution < 1.29 is 13.2 Å². The van der Waals surface area contributed by atoms with E-state index >= 15 is 0 Å². The summed E-state index contributed by atoms with van der Waals surface area (Å²) in [6.07, 6.45) is 2.25. The summed E-state index contributed by atoms with van der Waals surface area (Å²) >= 11 is 0. The summed E-state index contributed by atoms with van der Waals surface area (Å²) in [7, 11) is -3.36. The van der Waals surface area contributed by atoms with Gasteiger partial charge < -0.3 is 15.0 Å². The van der Waals surface area contributed by atoms with Crippen molar-refractivity contribution in [3.8, 4) is 0 Å². The highest BCUT2D eigenvalue weighted by atomic mass is 32.2. The van der Waals surface area contributed by atoms with Crippen molar-refractivity contribution in [1.29, 1.82) is 0 Å². The van der Waals surface area contributed by atoms with Crippen molar-refractivity contribution in [2.75, 3.05) is 38.5 Å². The van der Waals surface area contributed by atoms with E-state index in [9.17, 15) is 8.42 Å². The van der Waals surface area contributed by atoms with Gasteiger partial charge in [0.15, 0.2) is 5.96 Å². The lowest BCUT2D eigenvalue weighted by atomic mass is 10.1. The highest BCUT2D eigenvalue weighted by molar-refractivity contribution is 7.89. The summed E-state index contributed by atoms with van der Waals surface area (Å²) in [5.41, 5.74) is 0.940. The Kier molecular flexibility index (Phi) is 9.03. The number of aliphatic imine (C=N–C) groups is 1. The van der Waals surface area contributed by atoms with Crippen LogP contribution in [0.2, 0.25) is 0 Å². The SMILES string of the molecule is CCNC(=NCCS(=O)(=O)NCc1ccccc1)N1CCC(OCC)CC1. The lowest BCUT2D eigenvalue weighted by Gasteiger charge is -2.34. The van der Waals surface area contributed by atoms with Gasteiger partial charge in [-0.15, -0.1) is 0 Å². The number of rotatable bonds is 9. The van der Waals surface area contributed by atoms with Gasteiger partial charge in [-0.2, -0.15) is 0 Å². The predicted molar refractivity (Wildman–Crippen MR) is 109 cm³/mol. The van der Waals surface area contributed by atoms with E-state index < -0.39 is 10.0 Å². The number of guanidine groups is 1. The van der Waals surface area contributed by atoms with Gasteiger partial charge >= 0.3 is 0 Å². The van der Waals surface area contributed by atoms with Gasteiger partial charge in [0, 0.05) is 32.8 Å². The van der Waals surface area contributed by atoms with Crippen molar-refractivity contribution in [2.45, 2.75) is 39.3 Å². The number of sulfonamides is 1. The van der Waals surface area contributed by atoms with Crippen LogP contribution in [0, 0.1) is 0 Å². The molecule has 0 aliphatic carbocycles. The summed E-state index contributed by atoms with van der Waals surface area (Å²) < 4.78 is 32.7. The zero-order valence-electron chi connectivity index (χ0n) is 16.4. The Bertz CT molecular complexity index is 671. The van der Waals surface area contributed by atoms with Gasteiger partial charge in [0.05, 0.1) is 18.4 Å². The molecule has 0 atom stereocenters. The molecule has 0 spiro atoms. The van der Waals surface area contributed by atoms with Gasteiger partial charge in [0.25, 0.3) is 0 Å². The molecule has 0 radical (unpaired) electrons. The van der Waals surface area contributed by atoms with Crippen LogP contribution < -0.4 is 10.0 Å². The normalized spacial score (nSPS) is 16.5. The maximum absolute atomic E-state index is 12.2. The molecule has 1 aliphatic heterocycles. The van der Waals surface area contributed by atoms with E-state index in [1.807, 2.05) is 44.2 Å². The van der Waals surface area contributed by atoms with E-state index in [0.29, 0.717) is 12.6 Å². The number of nitrogens with zero attached hydrogens (tertiary/aromatic N) is 2. The standard InChI is InChI=1S/C19H32N4O3S/c1-3-20-19(23-13-10-18(11-14-23)26-4-2)21-12-15-27(24,25)22-16-17-8-6-5-7-9-17/h5-9,18,22H,3-4,10-16H2,1-2H3,(H,20,21). The fourth-order valence-electron chi connectivity index (χ4n) is 3.03. The van der Waals surface area contributed by atoms with Crippen molar-refractivity contribution in [3.05, 3.63) is 35.9 Å². The Morgan fingerprint density at radius 1 is 1.22 bits per heavy atom. The first-order chi connectivity index (χ1) is 13.0. The number of hydrogen-bond donors (Lipinski definition) is 2. The number of hydrogen-bond acceptors (Lipinski definition) is 4. The summed E-state index contributed by atoms with van der Waals surface area (Å²) in [5, 5.41) is 3.26. The average Bonchev–Trinajstić information content (AvgIpc) is 2.68. The molecule has 0 aromatic heterocycles. The van der Waals surface area contributed by atoms with E-state index in [-0.39, 0.29) is 12.3 Å². The zero-order chi connectivity index (χ0) is 19.5. The topological polar surface area (TPSA) is 83.0 Å². The third-order valence-corrected chi connectivity index (χ3v) is 5.74. The van der Waals surface area contributed by atoms with Gasteiger partial charge in [-0.3, -0.25) is 4.99 Å². The van der Waals surface area contributed by atoms with E-state index in [4.69, 9.17) is 4.74 Å². The fourth-order valence-corrected chi connectivity index (χ4v) is 3.89. The third-order valence-electron chi connectivity index (χ3n) is 4.44. The summed E-state index contributed by atoms with van der Waals surface area (Å²) in [5.74, 6) is 0.759. The van der Waals surface area contributed by atoms with Gasteiger partial charge in [-0.05, 0) is 32.3 Å². The smallest absolute Gasteiger partial charge is 0.213 e. The first-order valence-corrected chi connectivity index (χ1v) is 11.4. The predicted octanol–water partition coefficient (Wildman–Crippen LogP) is 1.57. The molecule has 0 bridgehead atoms. The Labute approximate surface area is 163 Å². The molecule has 0 saturated carbocycles. The lowest BCUT2D eigenvalue weighted by Crippen LogP contribution is -2.47. The zero-order valence-corrected chi connectivity index (χ0v) is 17.2. The van der Waals surface area contributed by atoms with E-state index in [0.717, 1.165) is 50.6 Å². The maximum atomic E-state index is 12.2. The molecule has 1 aromatic rings. The van der Waals surface area contributed by atoms with Crippen molar-refractivity contribution in [2.24, 2.45) is 4.99 Å². The van der Waals surface area contributed by atoms with Gasteiger partial charge in [0.1, 0.15) is 0 Å². The Morgan fingerprint density at radius 3 is 2.56 bits per heavy atom. The molecule has 8 heteroatoms. The second-order valence-electron chi connectivity index (χ2n) is 6.50. The molecule has 1 heterocycles. The number of likely N-dealkylation sites (tertiary alicyclic amines) is 1. The van der Waals surface area contributed by atoms with Crippen LogP contribution in [-0.4, -0.2) is 63.9 Å². The lowest BCUT2D eigenvalue weighted by molar-refractivity contribution is 0.0264. The second-order valence-corrected chi connectivity index (χ2v) is 8.43. The summed E-state index contributed by atoms with van der Waals surface area (Å²) in [6.45, 7) is 7.81. The van der Waals surface area contributed by atoms with Crippen LogP contribution in [0.15, 0.2) is 35.3 Å². The molecular weight excluding hydrogens is 364 g/mol. The minimum absolute atomic E-state index is 0.0237. The quantitative estimate of drug-likeness (QED) is 0.489. The van der Waals surface area contributed by atoms with Crippen LogP contribution >= 0.6 is 0 Å². The van der Waals surface area contributed by atoms with Crippen molar-refractivity contribution in [3.63, 3.8) is 0 Å². The first-order valence-electron chi connectivity index (χ1n) is 9.70. The molecular formula is C19H32N4O3S. The highest BCUT2D eigenvalue weighted by Gasteiger charge is 2.21. The molecule has 1 aliphatic rings. The maximum Gasteiger partial charge on any atom is 0.213 e. The molecule has 1 fully saturated rings. The van der Waals surface area contributed by atoms with E-state index in [2.05, 4.69) is 19.9 Å². The van der Waals surface area contributed by atoms with Crippen LogP contribution in [0.5, 0.6) is 0 Å². The fraction of sp³-hybridized carbons (Fsp3) is 0.632.